The molecule has 0 fully saturated rings. The molecule has 0 bridgehead atoms. The first kappa shape index (κ1) is 9.21. The molecule has 0 unspecified atom stereocenters. The molecule has 0 amide bonds. The molecule has 0 spiro atoms. The van der Waals surface area contributed by atoms with Crippen molar-refractivity contribution in [3.8, 4) is 0 Å². The lowest BCUT2D eigenvalue weighted by Gasteiger charge is -2.00. The molecule has 0 atom stereocenters. The van der Waals surface area contributed by atoms with Gasteiger partial charge < -0.3 is 9.88 Å². The van der Waals surface area contributed by atoms with E-state index in [2.05, 4.69) is 33.1 Å². The summed E-state index contributed by atoms with van der Waals surface area (Å²) in [7, 11) is 4.00. The van der Waals surface area contributed by atoms with Gasteiger partial charge in [-0.25, -0.2) is 4.98 Å². The van der Waals surface area contributed by atoms with Crippen LogP contribution in [-0.4, -0.2) is 16.6 Å². The van der Waals surface area contributed by atoms with Gasteiger partial charge in [-0.1, -0.05) is 6.07 Å². The van der Waals surface area contributed by atoms with Crippen LogP contribution in [0.4, 0.5) is 0 Å². The number of hydrogen-bond acceptors (Lipinski definition) is 2. The highest BCUT2D eigenvalue weighted by molar-refractivity contribution is 5.76. The van der Waals surface area contributed by atoms with E-state index in [1.807, 2.05) is 21.0 Å². The molecule has 1 heterocycles. The molecule has 0 aliphatic heterocycles. The molecule has 0 aliphatic carbocycles. The Hall–Kier alpha value is -1.35. The standard InChI is InChI=1S/C11H15N3/c1-8-13-10-6-9(7-12-2)4-5-11(10)14(8)3/h4-6,12H,7H2,1-3H3. The predicted molar refractivity (Wildman–Crippen MR) is 58.2 cm³/mol. The Balaban J connectivity index is 2.56. The molecular weight excluding hydrogens is 174 g/mol. The Morgan fingerprint density at radius 1 is 1.43 bits per heavy atom. The molecular formula is C11H15N3. The van der Waals surface area contributed by atoms with E-state index in [1.165, 1.54) is 11.1 Å². The lowest BCUT2D eigenvalue weighted by Crippen LogP contribution is -2.04. The van der Waals surface area contributed by atoms with Crippen LogP contribution in [0, 0.1) is 6.92 Å². The summed E-state index contributed by atoms with van der Waals surface area (Å²) in [5, 5.41) is 3.14. The van der Waals surface area contributed by atoms with Crippen molar-refractivity contribution in [3.05, 3.63) is 29.6 Å². The fraction of sp³-hybridized carbons (Fsp3) is 0.364. The van der Waals surface area contributed by atoms with Gasteiger partial charge in [0.1, 0.15) is 5.82 Å². The summed E-state index contributed by atoms with van der Waals surface area (Å²) < 4.78 is 2.11. The molecule has 1 N–H and O–H groups in total. The van der Waals surface area contributed by atoms with Gasteiger partial charge in [-0.2, -0.15) is 0 Å². The lowest BCUT2D eigenvalue weighted by atomic mass is 10.2. The Morgan fingerprint density at radius 2 is 2.21 bits per heavy atom. The molecule has 1 aromatic carbocycles. The van der Waals surface area contributed by atoms with Gasteiger partial charge in [0.2, 0.25) is 0 Å². The van der Waals surface area contributed by atoms with E-state index in [-0.39, 0.29) is 0 Å². The first-order valence-corrected chi connectivity index (χ1v) is 4.79. The fourth-order valence-corrected chi connectivity index (χ4v) is 1.68. The second kappa shape index (κ2) is 3.42. The molecule has 14 heavy (non-hydrogen) atoms. The number of fused-ring (bicyclic) bond motifs is 1. The van der Waals surface area contributed by atoms with E-state index >= 15 is 0 Å². The van der Waals surface area contributed by atoms with Gasteiger partial charge in [-0.15, -0.1) is 0 Å². The van der Waals surface area contributed by atoms with Crippen molar-refractivity contribution in [2.75, 3.05) is 7.05 Å². The summed E-state index contributed by atoms with van der Waals surface area (Å²) in [6.45, 7) is 2.92. The number of rotatable bonds is 2. The summed E-state index contributed by atoms with van der Waals surface area (Å²) >= 11 is 0. The van der Waals surface area contributed by atoms with E-state index in [9.17, 15) is 0 Å². The van der Waals surface area contributed by atoms with Gasteiger partial charge in [0.05, 0.1) is 11.0 Å². The van der Waals surface area contributed by atoms with Crippen molar-refractivity contribution < 1.29 is 0 Å². The zero-order chi connectivity index (χ0) is 10.1. The molecule has 2 rings (SSSR count). The minimum atomic E-state index is 0.894. The second-order valence-corrected chi connectivity index (χ2v) is 3.57. The van der Waals surface area contributed by atoms with E-state index in [4.69, 9.17) is 0 Å². The van der Waals surface area contributed by atoms with Crippen molar-refractivity contribution in [1.82, 2.24) is 14.9 Å². The SMILES string of the molecule is CNCc1ccc2c(c1)nc(C)n2C. The average molecular weight is 189 g/mol. The van der Waals surface area contributed by atoms with Gasteiger partial charge in [0, 0.05) is 13.6 Å². The van der Waals surface area contributed by atoms with Crippen LogP contribution in [0.1, 0.15) is 11.4 Å². The van der Waals surface area contributed by atoms with Crippen molar-refractivity contribution in [3.63, 3.8) is 0 Å². The van der Waals surface area contributed by atoms with Crippen LogP contribution in [0.3, 0.4) is 0 Å². The first-order chi connectivity index (χ1) is 6.72. The molecule has 2 aromatic rings. The van der Waals surface area contributed by atoms with Crippen LogP contribution in [0.2, 0.25) is 0 Å². The Bertz CT molecular complexity index is 457. The molecule has 0 aliphatic rings. The zero-order valence-electron chi connectivity index (χ0n) is 8.83. The van der Waals surface area contributed by atoms with Crippen molar-refractivity contribution >= 4 is 11.0 Å². The quantitative estimate of drug-likeness (QED) is 0.777. The number of aromatic nitrogens is 2. The molecule has 3 nitrogen and oxygen atoms in total. The highest BCUT2D eigenvalue weighted by Crippen LogP contribution is 2.16. The van der Waals surface area contributed by atoms with Gasteiger partial charge in [0.15, 0.2) is 0 Å². The van der Waals surface area contributed by atoms with Gasteiger partial charge in [-0.05, 0) is 31.7 Å². The fourth-order valence-electron chi connectivity index (χ4n) is 1.68. The van der Waals surface area contributed by atoms with Crippen LogP contribution >= 0.6 is 0 Å². The molecule has 0 radical (unpaired) electrons. The number of benzene rings is 1. The lowest BCUT2D eigenvalue weighted by molar-refractivity contribution is 0.819. The van der Waals surface area contributed by atoms with E-state index in [0.29, 0.717) is 0 Å². The van der Waals surface area contributed by atoms with Gasteiger partial charge in [0.25, 0.3) is 0 Å². The number of hydrogen-bond donors (Lipinski definition) is 1. The summed E-state index contributed by atoms with van der Waals surface area (Å²) in [6, 6.07) is 6.40. The number of nitrogens with one attached hydrogen (secondary N) is 1. The molecule has 0 saturated heterocycles. The van der Waals surface area contributed by atoms with Crippen LogP contribution in [0.25, 0.3) is 11.0 Å². The van der Waals surface area contributed by atoms with E-state index < -0.39 is 0 Å². The summed E-state index contributed by atoms with van der Waals surface area (Å²) in [5.41, 5.74) is 3.55. The molecule has 1 aromatic heterocycles. The summed E-state index contributed by atoms with van der Waals surface area (Å²) in [5.74, 6) is 1.06. The first-order valence-electron chi connectivity index (χ1n) is 4.79. The topological polar surface area (TPSA) is 29.9 Å². The van der Waals surface area contributed by atoms with Crippen LogP contribution in [0.5, 0.6) is 0 Å². The maximum atomic E-state index is 4.49. The summed E-state index contributed by atoms with van der Waals surface area (Å²) in [4.78, 5) is 4.49. The van der Waals surface area contributed by atoms with Crippen molar-refractivity contribution in [2.24, 2.45) is 7.05 Å². The van der Waals surface area contributed by atoms with Crippen molar-refractivity contribution in [2.45, 2.75) is 13.5 Å². The summed E-state index contributed by atoms with van der Waals surface area (Å²) in [6.07, 6.45) is 0. The van der Waals surface area contributed by atoms with Crippen molar-refractivity contribution in [1.29, 1.82) is 0 Å². The monoisotopic (exact) mass is 189 g/mol. The van der Waals surface area contributed by atoms with E-state index in [0.717, 1.165) is 17.9 Å². The second-order valence-electron chi connectivity index (χ2n) is 3.57. The Kier molecular flexibility index (Phi) is 2.25. The molecule has 74 valence electrons. The number of imidazole rings is 1. The average Bonchev–Trinajstić information content (AvgIpc) is 2.43. The number of aryl methyl sites for hydroxylation is 2. The Labute approximate surface area is 83.8 Å². The third kappa shape index (κ3) is 1.40. The van der Waals surface area contributed by atoms with Crippen LogP contribution < -0.4 is 5.32 Å². The van der Waals surface area contributed by atoms with Gasteiger partial charge in [-0.3, -0.25) is 0 Å². The third-order valence-electron chi connectivity index (χ3n) is 2.55. The smallest absolute Gasteiger partial charge is 0.106 e. The van der Waals surface area contributed by atoms with Crippen LogP contribution in [-0.2, 0) is 13.6 Å². The van der Waals surface area contributed by atoms with Gasteiger partial charge >= 0.3 is 0 Å². The normalized spacial score (nSPS) is 11.1. The maximum absolute atomic E-state index is 4.49. The highest BCUT2D eigenvalue weighted by Gasteiger charge is 2.03. The van der Waals surface area contributed by atoms with E-state index in [1.54, 1.807) is 0 Å². The minimum Gasteiger partial charge on any atom is -0.331 e. The minimum absolute atomic E-state index is 0.894. The maximum Gasteiger partial charge on any atom is 0.106 e. The zero-order valence-corrected chi connectivity index (χ0v) is 8.83. The third-order valence-corrected chi connectivity index (χ3v) is 2.55. The molecule has 0 saturated carbocycles. The largest absolute Gasteiger partial charge is 0.331 e. The highest BCUT2D eigenvalue weighted by atomic mass is 15.0. The predicted octanol–water partition coefficient (Wildman–Crippen LogP) is 1.60. The molecule has 3 heteroatoms. The number of nitrogens with zero attached hydrogens (tertiary/aromatic N) is 2. The van der Waals surface area contributed by atoms with Crippen LogP contribution in [0.15, 0.2) is 18.2 Å². The Morgan fingerprint density at radius 3 is 2.93 bits per heavy atom.